The van der Waals surface area contributed by atoms with Gasteiger partial charge >= 0.3 is 0 Å². The van der Waals surface area contributed by atoms with Crippen molar-refractivity contribution in [2.75, 3.05) is 52.5 Å². The average molecular weight is 406 g/mol. The van der Waals surface area contributed by atoms with E-state index in [1.807, 2.05) is 0 Å². The number of hydrazone groups is 1. The van der Waals surface area contributed by atoms with Crippen LogP contribution in [-0.2, 0) is 4.74 Å². The molecule has 2 heterocycles. The molecule has 0 aliphatic carbocycles. The number of nitrogens with one attached hydrogen (secondary N) is 1. The summed E-state index contributed by atoms with van der Waals surface area (Å²) < 4.78 is 21.3. The highest BCUT2D eigenvalue weighted by Crippen LogP contribution is 2.38. The first-order valence-corrected chi connectivity index (χ1v) is 9.46. The van der Waals surface area contributed by atoms with Crippen molar-refractivity contribution in [1.82, 2.24) is 10.4 Å². The molecule has 10 heteroatoms. The summed E-state index contributed by atoms with van der Waals surface area (Å²) in [6, 6.07) is 3.49. The van der Waals surface area contributed by atoms with Crippen LogP contribution in [0.1, 0.15) is 16.1 Å². The molecule has 1 aromatic carbocycles. The first-order valence-electron chi connectivity index (χ1n) is 8.58. The number of hydrogen-bond donors (Lipinski definition) is 1. The van der Waals surface area contributed by atoms with Gasteiger partial charge in [-0.25, -0.2) is 10.4 Å². The van der Waals surface area contributed by atoms with E-state index < -0.39 is 0 Å². The monoisotopic (exact) mass is 406 g/mol. The fourth-order valence-electron chi connectivity index (χ4n) is 2.71. The van der Waals surface area contributed by atoms with Gasteiger partial charge in [0.15, 0.2) is 16.6 Å². The van der Waals surface area contributed by atoms with Crippen molar-refractivity contribution in [3.63, 3.8) is 0 Å². The Bertz CT molecular complexity index is 848. The van der Waals surface area contributed by atoms with Crippen LogP contribution in [0.15, 0.2) is 22.6 Å². The largest absolute Gasteiger partial charge is 0.493 e. The number of carbonyl (C=O) groups excluding carboxylic acids is 1. The second-order valence-corrected chi connectivity index (χ2v) is 6.57. The van der Waals surface area contributed by atoms with Crippen molar-refractivity contribution in [2.24, 2.45) is 5.10 Å². The number of methoxy groups -OCH3 is 3. The van der Waals surface area contributed by atoms with Crippen LogP contribution in [0, 0.1) is 0 Å². The molecule has 1 amide bonds. The second-order valence-electron chi connectivity index (χ2n) is 5.74. The Kier molecular flexibility index (Phi) is 6.66. The fourth-order valence-corrected chi connectivity index (χ4v) is 3.57. The minimum atomic E-state index is -0.383. The van der Waals surface area contributed by atoms with E-state index in [2.05, 4.69) is 20.4 Å². The standard InChI is InChI=1S/C18H22N4O5S/c1-24-14-5-4-12(15(25-2)16(14)26-3)10-19-21-17(23)13-11-28-18(20-13)22-6-8-27-9-7-22/h4-5,10-11H,6-9H2,1-3H3,(H,21,23)/b19-10+. The van der Waals surface area contributed by atoms with Crippen molar-refractivity contribution < 1.29 is 23.7 Å². The maximum absolute atomic E-state index is 12.3. The molecule has 0 spiro atoms. The molecule has 0 atom stereocenters. The number of rotatable bonds is 7. The van der Waals surface area contributed by atoms with Gasteiger partial charge in [-0.05, 0) is 12.1 Å². The molecule has 1 aliphatic heterocycles. The number of benzene rings is 1. The van der Waals surface area contributed by atoms with E-state index in [4.69, 9.17) is 18.9 Å². The zero-order chi connectivity index (χ0) is 19.9. The van der Waals surface area contributed by atoms with E-state index in [1.54, 1.807) is 24.6 Å². The minimum absolute atomic E-state index is 0.322. The molecule has 9 nitrogen and oxygen atoms in total. The molecular weight excluding hydrogens is 384 g/mol. The highest BCUT2D eigenvalue weighted by molar-refractivity contribution is 7.13. The maximum Gasteiger partial charge on any atom is 0.290 e. The smallest absolute Gasteiger partial charge is 0.290 e. The first-order chi connectivity index (χ1) is 13.7. The number of morpholine rings is 1. The lowest BCUT2D eigenvalue weighted by molar-refractivity contribution is 0.0951. The summed E-state index contributed by atoms with van der Waals surface area (Å²) >= 11 is 1.43. The fraction of sp³-hybridized carbons (Fsp3) is 0.389. The summed E-state index contributed by atoms with van der Waals surface area (Å²) in [5.41, 5.74) is 3.44. The van der Waals surface area contributed by atoms with E-state index in [9.17, 15) is 4.79 Å². The Balaban J connectivity index is 1.67. The van der Waals surface area contributed by atoms with Gasteiger partial charge in [0.2, 0.25) is 5.75 Å². The van der Waals surface area contributed by atoms with Crippen LogP contribution in [0.2, 0.25) is 0 Å². The number of amides is 1. The second kappa shape index (κ2) is 9.38. The van der Waals surface area contributed by atoms with Crippen molar-refractivity contribution in [3.8, 4) is 17.2 Å². The summed E-state index contributed by atoms with van der Waals surface area (Å²) in [5.74, 6) is 1.07. The quantitative estimate of drug-likeness (QED) is 0.553. The number of thiazole rings is 1. The van der Waals surface area contributed by atoms with E-state index in [0.29, 0.717) is 41.7 Å². The predicted molar refractivity (Wildman–Crippen MR) is 106 cm³/mol. The molecular formula is C18H22N4O5S. The summed E-state index contributed by atoms with van der Waals surface area (Å²) in [6.45, 7) is 2.87. The third-order valence-electron chi connectivity index (χ3n) is 4.11. The molecule has 1 N–H and O–H groups in total. The van der Waals surface area contributed by atoms with Gasteiger partial charge in [-0.1, -0.05) is 0 Å². The van der Waals surface area contributed by atoms with Crippen molar-refractivity contribution in [3.05, 3.63) is 28.8 Å². The van der Waals surface area contributed by atoms with Crippen LogP contribution in [0.25, 0.3) is 0 Å². The predicted octanol–water partition coefficient (Wildman–Crippen LogP) is 1.77. The minimum Gasteiger partial charge on any atom is -0.493 e. The van der Waals surface area contributed by atoms with Gasteiger partial charge in [-0.2, -0.15) is 5.10 Å². The van der Waals surface area contributed by atoms with Gasteiger partial charge in [0, 0.05) is 24.0 Å². The number of anilines is 1. The third kappa shape index (κ3) is 4.34. The summed E-state index contributed by atoms with van der Waals surface area (Å²) in [7, 11) is 4.59. The number of ether oxygens (including phenoxy) is 4. The van der Waals surface area contributed by atoms with Gasteiger partial charge in [0.1, 0.15) is 5.69 Å². The van der Waals surface area contributed by atoms with Crippen molar-refractivity contribution in [2.45, 2.75) is 0 Å². The van der Waals surface area contributed by atoms with E-state index >= 15 is 0 Å². The topological polar surface area (TPSA) is 94.5 Å². The Morgan fingerprint density at radius 3 is 2.64 bits per heavy atom. The third-order valence-corrected chi connectivity index (χ3v) is 5.01. The van der Waals surface area contributed by atoms with E-state index in [0.717, 1.165) is 18.2 Å². The Hall–Kier alpha value is -2.85. The lowest BCUT2D eigenvalue weighted by atomic mass is 10.2. The molecule has 0 bridgehead atoms. The lowest BCUT2D eigenvalue weighted by Crippen LogP contribution is -2.36. The number of nitrogens with zero attached hydrogens (tertiary/aromatic N) is 3. The summed E-state index contributed by atoms with van der Waals surface area (Å²) in [5, 5.41) is 6.53. The molecule has 1 aromatic heterocycles. The molecule has 1 aliphatic rings. The van der Waals surface area contributed by atoms with E-state index in [1.165, 1.54) is 31.8 Å². The highest BCUT2D eigenvalue weighted by Gasteiger charge is 2.18. The van der Waals surface area contributed by atoms with Crippen LogP contribution >= 0.6 is 11.3 Å². The molecule has 0 unspecified atom stereocenters. The zero-order valence-electron chi connectivity index (χ0n) is 15.9. The molecule has 3 rings (SSSR count). The summed E-state index contributed by atoms with van der Waals surface area (Å²) in [6.07, 6.45) is 1.48. The molecule has 0 radical (unpaired) electrons. The summed E-state index contributed by atoms with van der Waals surface area (Å²) in [4.78, 5) is 18.8. The normalized spacial score (nSPS) is 14.2. The van der Waals surface area contributed by atoms with Gasteiger partial charge in [-0.3, -0.25) is 4.79 Å². The highest BCUT2D eigenvalue weighted by atomic mass is 32.1. The Morgan fingerprint density at radius 1 is 1.21 bits per heavy atom. The van der Waals surface area contributed by atoms with Gasteiger partial charge in [-0.15, -0.1) is 11.3 Å². The van der Waals surface area contributed by atoms with Crippen molar-refractivity contribution >= 4 is 28.6 Å². The number of aromatic nitrogens is 1. The molecule has 1 saturated heterocycles. The molecule has 0 saturated carbocycles. The van der Waals surface area contributed by atoms with Crippen LogP contribution in [0.3, 0.4) is 0 Å². The zero-order valence-corrected chi connectivity index (χ0v) is 16.7. The van der Waals surface area contributed by atoms with Crippen LogP contribution in [0.4, 0.5) is 5.13 Å². The van der Waals surface area contributed by atoms with Gasteiger partial charge < -0.3 is 23.8 Å². The molecule has 1 fully saturated rings. The molecule has 150 valence electrons. The maximum atomic E-state index is 12.3. The molecule has 28 heavy (non-hydrogen) atoms. The Labute approximate surface area is 166 Å². The number of hydrogen-bond acceptors (Lipinski definition) is 9. The SMILES string of the molecule is COc1ccc(/C=N/NC(=O)c2csc(N3CCOCC3)n2)c(OC)c1OC. The van der Waals surface area contributed by atoms with Crippen LogP contribution in [0.5, 0.6) is 17.2 Å². The van der Waals surface area contributed by atoms with Gasteiger partial charge in [0.25, 0.3) is 5.91 Å². The number of carbonyl (C=O) groups is 1. The van der Waals surface area contributed by atoms with Crippen LogP contribution in [-0.4, -0.2) is 64.7 Å². The van der Waals surface area contributed by atoms with Gasteiger partial charge in [0.05, 0.1) is 40.8 Å². The average Bonchev–Trinajstić information content (AvgIpc) is 3.24. The Morgan fingerprint density at radius 2 is 1.96 bits per heavy atom. The van der Waals surface area contributed by atoms with E-state index in [-0.39, 0.29) is 5.91 Å². The lowest BCUT2D eigenvalue weighted by Gasteiger charge is -2.25. The molecule has 2 aromatic rings. The first kappa shape index (κ1) is 19.9. The van der Waals surface area contributed by atoms with Crippen LogP contribution < -0.4 is 24.5 Å². The van der Waals surface area contributed by atoms with Crippen molar-refractivity contribution in [1.29, 1.82) is 0 Å².